The predicted molar refractivity (Wildman–Crippen MR) is 129 cm³/mol. The Labute approximate surface area is 187 Å². The molecule has 4 aromatic rings. The second-order valence-corrected chi connectivity index (χ2v) is 8.80. The molecule has 3 aromatic heterocycles. The maximum Gasteiger partial charge on any atom is 0.250 e. The number of aryl methyl sites for hydroxylation is 1. The number of fused-ring (bicyclic) bond motifs is 3. The Morgan fingerprint density at radius 3 is 2.53 bits per heavy atom. The van der Waals surface area contributed by atoms with Crippen molar-refractivity contribution >= 4 is 33.5 Å². The Hall–Kier alpha value is -3.45. The van der Waals surface area contributed by atoms with E-state index in [1.165, 1.54) is 5.69 Å². The van der Waals surface area contributed by atoms with Crippen LogP contribution in [-0.4, -0.2) is 58.0 Å². The van der Waals surface area contributed by atoms with Gasteiger partial charge in [0.1, 0.15) is 0 Å². The number of piperazine rings is 1. The van der Waals surface area contributed by atoms with Crippen LogP contribution in [0.25, 0.3) is 33.2 Å². The number of rotatable bonds is 4. The maximum atomic E-state index is 12.3. The van der Waals surface area contributed by atoms with Crippen LogP contribution in [0.4, 0.5) is 5.69 Å². The van der Waals surface area contributed by atoms with Crippen LogP contribution in [0.1, 0.15) is 29.9 Å². The Morgan fingerprint density at radius 2 is 1.88 bits per heavy atom. The van der Waals surface area contributed by atoms with E-state index in [1.54, 1.807) is 12.3 Å². The van der Waals surface area contributed by atoms with Crippen LogP contribution in [0.3, 0.4) is 0 Å². The van der Waals surface area contributed by atoms with Crippen LogP contribution in [0.15, 0.2) is 42.6 Å². The van der Waals surface area contributed by atoms with Gasteiger partial charge in [0.05, 0.1) is 27.8 Å². The number of pyridine rings is 2. The van der Waals surface area contributed by atoms with Gasteiger partial charge in [0.25, 0.3) is 5.91 Å². The van der Waals surface area contributed by atoms with E-state index in [0.29, 0.717) is 22.8 Å². The first-order valence-corrected chi connectivity index (χ1v) is 11.1. The van der Waals surface area contributed by atoms with Crippen molar-refractivity contribution in [1.29, 1.82) is 0 Å². The van der Waals surface area contributed by atoms with Crippen molar-refractivity contribution in [2.24, 2.45) is 5.73 Å². The summed E-state index contributed by atoms with van der Waals surface area (Å²) in [6.07, 6.45) is 1.78. The van der Waals surface area contributed by atoms with Gasteiger partial charge in [-0.15, -0.1) is 0 Å². The minimum Gasteiger partial charge on any atom is -0.369 e. The molecule has 3 N–H and O–H groups in total. The number of aromatic amines is 1. The number of carbonyl (C=O) groups excluding carboxylic acids is 1. The zero-order valence-corrected chi connectivity index (χ0v) is 18.7. The van der Waals surface area contributed by atoms with Crippen molar-refractivity contribution in [3.8, 4) is 11.3 Å². The molecule has 1 aliphatic rings. The van der Waals surface area contributed by atoms with Crippen LogP contribution in [0.2, 0.25) is 0 Å². The Kier molecular flexibility index (Phi) is 5.06. The number of nitrogens with two attached hydrogens (primary N) is 1. The van der Waals surface area contributed by atoms with E-state index in [2.05, 4.69) is 51.8 Å². The summed E-state index contributed by atoms with van der Waals surface area (Å²) in [4.78, 5) is 29.8. The lowest BCUT2D eigenvalue weighted by atomic mass is 10.1. The normalized spacial score (nSPS) is 15.2. The first-order chi connectivity index (χ1) is 15.4. The summed E-state index contributed by atoms with van der Waals surface area (Å²) in [5.41, 5.74) is 12.2. The second-order valence-electron chi connectivity index (χ2n) is 8.80. The van der Waals surface area contributed by atoms with Crippen LogP contribution in [0, 0.1) is 6.92 Å². The molecule has 0 aliphatic carbocycles. The summed E-state index contributed by atoms with van der Waals surface area (Å²) >= 11 is 0. The molecule has 5 rings (SSSR count). The molecule has 32 heavy (non-hydrogen) atoms. The van der Waals surface area contributed by atoms with Crippen molar-refractivity contribution in [2.45, 2.75) is 26.8 Å². The van der Waals surface area contributed by atoms with Crippen LogP contribution in [-0.2, 0) is 0 Å². The zero-order valence-electron chi connectivity index (χ0n) is 18.7. The molecule has 0 bridgehead atoms. The van der Waals surface area contributed by atoms with Gasteiger partial charge in [-0.05, 0) is 57.2 Å². The van der Waals surface area contributed by atoms with Gasteiger partial charge in [-0.2, -0.15) is 0 Å². The highest BCUT2D eigenvalue weighted by Gasteiger charge is 2.21. The molecule has 0 saturated carbocycles. The Morgan fingerprint density at radius 1 is 1.09 bits per heavy atom. The van der Waals surface area contributed by atoms with E-state index in [1.807, 2.05) is 19.1 Å². The lowest BCUT2D eigenvalue weighted by Crippen LogP contribution is -2.48. The molecule has 1 aliphatic heterocycles. The minimum absolute atomic E-state index is 0.439. The minimum atomic E-state index is -0.477. The molecule has 0 unspecified atom stereocenters. The monoisotopic (exact) mass is 428 g/mol. The molecule has 1 saturated heterocycles. The molecule has 0 spiro atoms. The average Bonchev–Trinajstić information content (AvgIpc) is 3.16. The molecule has 7 nitrogen and oxygen atoms in total. The van der Waals surface area contributed by atoms with Gasteiger partial charge in [-0.1, -0.05) is 0 Å². The number of aromatic nitrogens is 3. The SMILES string of the molecule is Cc1ccc(-c2cc(C(N)=O)c3[nH]c4cc(N5CCN(C(C)C)CC5)ccc4c3n2)cn1. The van der Waals surface area contributed by atoms with Gasteiger partial charge < -0.3 is 15.6 Å². The van der Waals surface area contributed by atoms with Crippen molar-refractivity contribution < 1.29 is 4.79 Å². The molecule has 0 atom stereocenters. The third kappa shape index (κ3) is 3.58. The molecule has 0 radical (unpaired) electrons. The summed E-state index contributed by atoms with van der Waals surface area (Å²) in [5, 5.41) is 0.981. The largest absolute Gasteiger partial charge is 0.369 e. The first kappa shape index (κ1) is 20.5. The van der Waals surface area contributed by atoms with Gasteiger partial charge in [0, 0.05) is 60.7 Å². The highest BCUT2D eigenvalue weighted by atomic mass is 16.1. The number of nitrogens with one attached hydrogen (secondary N) is 1. The molecule has 4 heterocycles. The van der Waals surface area contributed by atoms with E-state index >= 15 is 0 Å². The number of hydrogen-bond donors (Lipinski definition) is 2. The molecular formula is C25H28N6O. The average molecular weight is 429 g/mol. The molecule has 164 valence electrons. The molecule has 1 amide bonds. The summed E-state index contributed by atoms with van der Waals surface area (Å²) < 4.78 is 0. The lowest BCUT2D eigenvalue weighted by molar-refractivity contribution is 0.100. The smallest absolute Gasteiger partial charge is 0.250 e. The number of nitrogens with zero attached hydrogens (tertiary/aromatic N) is 4. The topological polar surface area (TPSA) is 91.1 Å². The van der Waals surface area contributed by atoms with E-state index in [9.17, 15) is 4.79 Å². The number of primary amides is 1. The Bertz CT molecular complexity index is 1300. The van der Waals surface area contributed by atoms with Crippen molar-refractivity contribution in [2.75, 3.05) is 31.1 Å². The van der Waals surface area contributed by atoms with Gasteiger partial charge >= 0.3 is 0 Å². The summed E-state index contributed by atoms with van der Waals surface area (Å²) in [6, 6.07) is 12.6. The standard InChI is InChI=1S/C25H28N6O/c1-15(2)30-8-10-31(11-9-30)18-6-7-19-22(12-18)29-24-20(25(26)32)13-21(28-23(19)24)17-5-4-16(3)27-14-17/h4-7,12-15,29H,8-11H2,1-3H3,(H2,26,32). The highest BCUT2D eigenvalue weighted by Crippen LogP contribution is 2.32. The van der Waals surface area contributed by atoms with Gasteiger partial charge in [0.2, 0.25) is 0 Å². The highest BCUT2D eigenvalue weighted by molar-refractivity contribution is 6.14. The molecule has 1 fully saturated rings. The van der Waals surface area contributed by atoms with Gasteiger partial charge in [-0.25, -0.2) is 4.98 Å². The summed E-state index contributed by atoms with van der Waals surface area (Å²) in [5.74, 6) is -0.477. The lowest BCUT2D eigenvalue weighted by Gasteiger charge is -2.38. The van der Waals surface area contributed by atoms with E-state index in [4.69, 9.17) is 10.7 Å². The number of hydrogen-bond acceptors (Lipinski definition) is 5. The van der Waals surface area contributed by atoms with Crippen LogP contribution in [0.5, 0.6) is 0 Å². The number of amides is 1. The van der Waals surface area contributed by atoms with E-state index < -0.39 is 5.91 Å². The van der Waals surface area contributed by atoms with Gasteiger partial charge in [0.15, 0.2) is 0 Å². The third-order valence-electron chi connectivity index (χ3n) is 6.42. The predicted octanol–water partition coefficient (Wildman–Crippen LogP) is 3.72. The van der Waals surface area contributed by atoms with Crippen LogP contribution < -0.4 is 10.6 Å². The van der Waals surface area contributed by atoms with Crippen molar-refractivity contribution in [1.82, 2.24) is 19.9 Å². The Balaban J connectivity index is 1.58. The third-order valence-corrected chi connectivity index (χ3v) is 6.42. The number of H-pyrrole nitrogens is 1. The summed E-state index contributed by atoms with van der Waals surface area (Å²) in [6.45, 7) is 10.5. The maximum absolute atomic E-state index is 12.3. The quantitative estimate of drug-likeness (QED) is 0.517. The molecular weight excluding hydrogens is 400 g/mol. The van der Waals surface area contributed by atoms with Gasteiger partial charge in [-0.3, -0.25) is 14.7 Å². The summed E-state index contributed by atoms with van der Waals surface area (Å²) in [7, 11) is 0. The fourth-order valence-corrected chi connectivity index (χ4v) is 4.50. The number of carbonyl (C=O) groups is 1. The zero-order chi connectivity index (χ0) is 22.4. The fourth-order valence-electron chi connectivity index (χ4n) is 4.50. The number of benzene rings is 1. The van der Waals surface area contributed by atoms with Crippen molar-refractivity contribution in [3.05, 3.63) is 53.9 Å². The number of anilines is 1. The molecule has 7 heteroatoms. The molecule has 1 aromatic carbocycles. The first-order valence-electron chi connectivity index (χ1n) is 11.1. The van der Waals surface area contributed by atoms with Crippen molar-refractivity contribution in [3.63, 3.8) is 0 Å². The fraction of sp³-hybridized carbons (Fsp3) is 0.320. The van der Waals surface area contributed by atoms with E-state index in [0.717, 1.165) is 53.9 Å². The van der Waals surface area contributed by atoms with Crippen LogP contribution >= 0.6 is 0 Å². The second kappa shape index (κ2) is 7.91. The van der Waals surface area contributed by atoms with E-state index in [-0.39, 0.29) is 0 Å².